The summed E-state index contributed by atoms with van der Waals surface area (Å²) in [6.07, 6.45) is 6.92. The first-order valence-electron chi connectivity index (χ1n) is 7.58. The van der Waals surface area contributed by atoms with E-state index >= 15 is 0 Å². The Bertz CT molecular complexity index is 506. The van der Waals surface area contributed by atoms with Crippen LogP contribution in [0.3, 0.4) is 0 Å². The molecule has 5 atom stereocenters. The molecule has 2 heterocycles. The number of aliphatic hydroxyl groups is 1. The van der Waals surface area contributed by atoms with Gasteiger partial charge in [-0.2, -0.15) is 0 Å². The maximum Gasteiger partial charge on any atom is 0.339 e. The predicted molar refractivity (Wildman–Crippen MR) is 80.8 cm³/mol. The number of hydrogen-bond acceptors (Lipinski definition) is 4. The molecule has 0 unspecified atom stereocenters. The molecule has 3 rings (SSSR count). The fourth-order valence-corrected chi connectivity index (χ4v) is 4.39. The van der Waals surface area contributed by atoms with E-state index in [1.54, 1.807) is 0 Å². The predicted octanol–water partition coefficient (Wildman–Crippen LogP) is 2.12. The van der Waals surface area contributed by atoms with Crippen molar-refractivity contribution in [2.75, 3.05) is 5.88 Å². The third-order valence-electron chi connectivity index (χ3n) is 5.39. The summed E-state index contributed by atoms with van der Waals surface area (Å²) in [6.45, 7) is 5.90. The molecular formula is C16H22ClNO3. The minimum atomic E-state index is -1.08. The Labute approximate surface area is 130 Å². The van der Waals surface area contributed by atoms with Crippen LogP contribution >= 0.6 is 11.6 Å². The van der Waals surface area contributed by atoms with Gasteiger partial charge in [0.05, 0.1) is 6.10 Å². The molecule has 4 nitrogen and oxygen atoms in total. The van der Waals surface area contributed by atoms with Gasteiger partial charge in [-0.15, -0.1) is 11.6 Å². The van der Waals surface area contributed by atoms with Crippen LogP contribution in [0.2, 0.25) is 0 Å². The summed E-state index contributed by atoms with van der Waals surface area (Å²) in [4.78, 5) is 12.3. The highest BCUT2D eigenvalue weighted by Gasteiger charge is 2.77. The van der Waals surface area contributed by atoms with Crippen molar-refractivity contribution in [2.24, 2.45) is 11.8 Å². The zero-order chi connectivity index (χ0) is 15.3. The van der Waals surface area contributed by atoms with E-state index in [1.807, 2.05) is 13.0 Å². The second-order valence-electron chi connectivity index (χ2n) is 6.45. The summed E-state index contributed by atoms with van der Waals surface area (Å²) < 4.78 is 5.50. The first-order valence-corrected chi connectivity index (χ1v) is 8.12. The molecule has 0 aromatic heterocycles. The molecule has 5 heteroatoms. The lowest BCUT2D eigenvalue weighted by molar-refractivity contribution is -0.238. The standard InChI is InChI=1S/C16H22ClNO3/c1-10-12(8-9-17)15(2)16(18-10,14(20)21-15)13(19)11-6-4-3-5-7-11/h4,6,11-13,18-19H,1,3,5,7-9H2,2H3/t11-,12+,13+,15+,16+/m1/s1. The molecule has 0 aromatic carbocycles. The van der Waals surface area contributed by atoms with Gasteiger partial charge < -0.3 is 15.2 Å². The van der Waals surface area contributed by atoms with Crippen molar-refractivity contribution in [3.8, 4) is 0 Å². The van der Waals surface area contributed by atoms with Crippen LogP contribution in [0.4, 0.5) is 0 Å². The zero-order valence-electron chi connectivity index (χ0n) is 12.3. The first-order chi connectivity index (χ1) is 9.97. The first kappa shape index (κ1) is 14.9. The van der Waals surface area contributed by atoms with E-state index < -0.39 is 17.2 Å². The molecule has 0 amide bonds. The molecular weight excluding hydrogens is 290 g/mol. The Hall–Kier alpha value is -1.00. The largest absolute Gasteiger partial charge is 0.453 e. The van der Waals surface area contributed by atoms with Gasteiger partial charge in [0, 0.05) is 23.4 Å². The van der Waals surface area contributed by atoms with E-state index in [-0.39, 0.29) is 17.8 Å². The number of carbonyl (C=O) groups is 1. The number of aliphatic hydroxyl groups excluding tert-OH is 1. The summed E-state index contributed by atoms with van der Waals surface area (Å²) >= 11 is 5.87. The normalized spacial score (nSPS) is 42.8. The molecule has 2 N–H and O–H groups in total. The van der Waals surface area contributed by atoms with Crippen molar-refractivity contribution in [2.45, 2.75) is 49.9 Å². The number of carbonyl (C=O) groups excluding carboxylic acids is 1. The van der Waals surface area contributed by atoms with E-state index in [1.165, 1.54) is 0 Å². The van der Waals surface area contributed by atoms with Crippen molar-refractivity contribution in [1.29, 1.82) is 0 Å². The number of hydrogen-bond donors (Lipinski definition) is 2. The molecule has 2 aliphatic heterocycles. The maximum atomic E-state index is 12.3. The Morgan fingerprint density at radius 1 is 1.67 bits per heavy atom. The number of fused-ring (bicyclic) bond motifs is 1. The van der Waals surface area contributed by atoms with E-state index in [9.17, 15) is 9.90 Å². The molecule has 1 aliphatic carbocycles. The molecule has 116 valence electrons. The van der Waals surface area contributed by atoms with E-state index in [4.69, 9.17) is 16.3 Å². The van der Waals surface area contributed by atoms with Crippen LogP contribution in [0, 0.1) is 11.8 Å². The molecule has 0 radical (unpaired) electrons. The van der Waals surface area contributed by atoms with Crippen LogP contribution in [-0.2, 0) is 9.53 Å². The highest BCUT2D eigenvalue weighted by molar-refractivity contribution is 6.17. The van der Waals surface area contributed by atoms with Crippen LogP contribution in [-0.4, -0.2) is 34.2 Å². The van der Waals surface area contributed by atoms with Gasteiger partial charge in [-0.05, 0) is 32.6 Å². The summed E-state index contributed by atoms with van der Waals surface area (Å²) in [7, 11) is 0. The smallest absolute Gasteiger partial charge is 0.339 e. The molecule has 0 aromatic rings. The highest BCUT2D eigenvalue weighted by Crippen LogP contribution is 2.55. The minimum absolute atomic E-state index is 0.0269. The van der Waals surface area contributed by atoms with E-state index in [0.29, 0.717) is 12.3 Å². The Morgan fingerprint density at radius 3 is 3.00 bits per heavy atom. The number of nitrogens with one attached hydrogen (secondary N) is 1. The van der Waals surface area contributed by atoms with Gasteiger partial charge in [0.2, 0.25) is 5.54 Å². The third kappa shape index (κ3) is 1.82. The van der Waals surface area contributed by atoms with Crippen molar-refractivity contribution >= 4 is 17.6 Å². The Kier molecular flexibility index (Phi) is 3.57. The van der Waals surface area contributed by atoms with Crippen molar-refractivity contribution in [3.63, 3.8) is 0 Å². The van der Waals surface area contributed by atoms with Gasteiger partial charge in [0.15, 0.2) is 5.60 Å². The van der Waals surface area contributed by atoms with Gasteiger partial charge >= 0.3 is 5.97 Å². The summed E-state index contributed by atoms with van der Waals surface area (Å²) in [6, 6.07) is 0. The molecule has 21 heavy (non-hydrogen) atoms. The Balaban J connectivity index is 1.94. The lowest BCUT2D eigenvalue weighted by Gasteiger charge is -2.55. The number of halogens is 1. The van der Waals surface area contributed by atoms with Crippen LogP contribution in [0.25, 0.3) is 0 Å². The molecule has 0 saturated carbocycles. The summed E-state index contributed by atoms with van der Waals surface area (Å²) in [5, 5.41) is 14.1. The Morgan fingerprint density at radius 2 is 2.43 bits per heavy atom. The van der Waals surface area contributed by atoms with Gasteiger partial charge in [0.25, 0.3) is 0 Å². The summed E-state index contributed by atoms with van der Waals surface area (Å²) in [5.74, 6) is -0.000760. The van der Waals surface area contributed by atoms with Gasteiger partial charge in [-0.1, -0.05) is 18.7 Å². The third-order valence-corrected chi connectivity index (χ3v) is 5.61. The number of esters is 1. The lowest BCUT2D eigenvalue weighted by atomic mass is 9.64. The number of rotatable bonds is 4. The molecule has 0 bridgehead atoms. The topological polar surface area (TPSA) is 58.6 Å². The van der Waals surface area contributed by atoms with Gasteiger partial charge in [-0.3, -0.25) is 0 Å². The SMILES string of the molecule is C=C1N[C@@]2([C@@H](O)[C@@H]3C=CCCC3)C(=O)O[C@@]2(C)[C@H]1CCCl. The van der Waals surface area contributed by atoms with Gasteiger partial charge in [-0.25, -0.2) is 4.79 Å². The van der Waals surface area contributed by atoms with E-state index in [0.717, 1.165) is 25.0 Å². The van der Waals surface area contributed by atoms with Crippen LogP contribution in [0.15, 0.2) is 24.4 Å². The van der Waals surface area contributed by atoms with Crippen LogP contribution in [0.5, 0.6) is 0 Å². The average Bonchev–Trinajstić information content (AvgIpc) is 2.65. The van der Waals surface area contributed by atoms with Crippen molar-refractivity contribution in [1.82, 2.24) is 5.32 Å². The molecule has 0 spiro atoms. The monoisotopic (exact) mass is 311 g/mol. The number of alkyl halides is 1. The van der Waals surface area contributed by atoms with Crippen molar-refractivity contribution in [3.05, 3.63) is 24.4 Å². The number of ether oxygens (including phenoxy) is 1. The summed E-state index contributed by atoms with van der Waals surface area (Å²) in [5.41, 5.74) is -1.10. The van der Waals surface area contributed by atoms with Crippen LogP contribution in [0.1, 0.15) is 32.6 Å². The average molecular weight is 312 g/mol. The van der Waals surface area contributed by atoms with Crippen LogP contribution < -0.4 is 5.32 Å². The van der Waals surface area contributed by atoms with Gasteiger partial charge in [0.1, 0.15) is 0 Å². The molecule has 2 fully saturated rings. The second kappa shape index (κ2) is 5.03. The highest BCUT2D eigenvalue weighted by atomic mass is 35.5. The maximum absolute atomic E-state index is 12.3. The number of allylic oxidation sites excluding steroid dienone is 1. The lowest BCUT2D eigenvalue weighted by Crippen LogP contribution is -2.80. The fourth-order valence-electron chi connectivity index (χ4n) is 4.17. The van der Waals surface area contributed by atoms with Crippen molar-refractivity contribution < 1.29 is 14.6 Å². The quantitative estimate of drug-likeness (QED) is 0.474. The zero-order valence-corrected chi connectivity index (χ0v) is 13.0. The minimum Gasteiger partial charge on any atom is -0.453 e. The molecule has 3 aliphatic rings. The molecule has 2 saturated heterocycles. The second-order valence-corrected chi connectivity index (χ2v) is 6.83. The fraction of sp³-hybridized carbons (Fsp3) is 0.688. The van der Waals surface area contributed by atoms with E-state index in [2.05, 4.69) is 18.0 Å².